The van der Waals surface area contributed by atoms with Gasteiger partial charge in [-0.05, 0) is 12.8 Å². The van der Waals surface area contributed by atoms with E-state index in [1.807, 2.05) is 0 Å². The SMILES string of the molecule is CCCCCCCCCCCCCCCCCCCCCCCCCC(=O)OC(CO)COC(=O)CCCCCCCCCCCCCCCCCCCC. The van der Waals surface area contributed by atoms with E-state index in [2.05, 4.69) is 13.8 Å². The smallest absolute Gasteiger partial charge is 0.306 e. The molecule has 0 amide bonds. The van der Waals surface area contributed by atoms with Crippen LogP contribution in [0.2, 0.25) is 0 Å². The lowest BCUT2D eigenvalue weighted by Crippen LogP contribution is -2.28. The van der Waals surface area contributed by atoms with Crippen LogP contribution in [-0.4, -0.2) is 36.4 Å². The minimum atomic E-state index is -0.763. The molecule has 328 valence electrons. The molecule has 1 atom stereocenters. The summed E-state index contributed by atoms with van der Waals surface area (Å²) >= 11 is 0. The molecule has 0 radical (unpaired) electrons. The van der Waals surface area contributed by atoms with E-state index < -0.39 is 6.10 Å². The standard InChI is InChI=1S/C50H98O5/c1-3-5-7-9-11-13-15-17-19-21-23-24-25-26-27-29-31-33-35-37-39-41-43-45-50(53)55-48(46-51)47-54-49(52)44-42-40-38-36-34-32-30-28-22-20-18-16-14-12-10-8-6-4-2/h48,51H,3-47H2,1-2H3. The third kappa shape index (κ3) is 45.5. The summed E-state index contributed by atoms with van der Waals surface area (Å²) in [4.78, 5) is 24.4. The Bertz CT molecular complexity index is 754. The van der Waals surface area contributed by atoms with Crippen LogP contribution < -0.4 is 0 Å². The molecule has 0 aromatic carbocycles. The lowest BCUT2D eigenvalue weighted by molar-refractivity contribution is -0.161. The fraction of sp³-hybridized carbons (Fsp3) is 0.960. The fourth-order valence-corrected chi connectivity index (χ4v) is 7.85. The van der Waals surface area contributed by atoms with Gasteiger partial charge in [0.15, 0.2) is 6.10 Å². The van der Waals surface area contributed by atoms with Gasteiger partial charge in [-0.3, -0.25) is 9.59 Å². The highest BCUT2D eigenvalue weighted by Crippen LogP contribution is 2.17. The summed E-state index contributed by atoms with van der Waals surface area (Å²) in [6, 6.07) is 0. The van der Waals surface area contributed by atoms with Gasteiger partial charge >= 0.3 is 11.9 Å². The van der Waals surface area contributed by atoms with Crippen LogP contribution in [0.1, 0.15) is 290 Å². The van der Waals surface area contributed by atoms with Gasteiger partial charge in [0.2, 0.25) is 0 Å². The Morgan fingerprint density at radius 1 is 0.345 bits per heavy atom. The number of hydrogen-bond donors (Lipinski definition) is 1. The predicted octanol–water partition coefficient (Wildman–Crippen LogP) is 16.2. The summed E-state index contributed by atoms with van der Waals surface area (Å²) in [6.45, 7) is 4.20. The summed E-state index contributed by atoms with van der Waals surface area (Å²) in [7, 11) is 0. The van der Waals surface area contributed by atoms with Crippen LogP contribution in [0.15, 0.2) is 0 Å². The first-order valence-corrected chi connectivity index (χ1v) is 25.1. The number of aliphatic hydroxyl groups excluding tert-OH is 1. The Morgan fingerprint density at radius 3 is 0.800 bits per heavy atom. The third-order valence-electron chi connectivity index (χ3n) is 11.7. The molecule has 5 nitrogen and oxygen atoms in total. The molecule has 1 N–H and O–H groups in total. The van der Waals surface area contributed by atoms with E-state index in [-0.39, 0.29) is 25.2 Å². The van der Waals surface area contributed by atoms with E-state index in [4.69, 9.17) is 9.47 Å². The molecule has 0 rings (SSSR count). The van der Waals surface area contributed by atoms with Gasteiger partial charge in [-0.1, -0.05) is 264 Å². The van der Waals surface area contributed by atoms with Gasteiger partial charge in [-0.2, -0.15) is 0 Å². The van der Waals surface area contributed by atoms with Crippen molar-refractivity contribution >= 4 is 11.9 Å². The van der Waals surface area contributed by atoms with Crippen molar-refractivity contribution < 1.29 is 24.2 Å². The van der Waals surface area contributed by atoms with Crippen LogP contribution in [0.3, 0.4) is 0 Å². The average Bonchev–Trinajstić information content (AvgIpc) is 3.19. The molecule has 0 aromatic rings. The zero-order valence-corrected chi connectivity index (χ0v) is 37.5. The number of carbonyl (C=O) groups excluding carboxylic acids is 2. The Balaban J connectivity index is 3.42. The maximum Gasteiger partial charge on any atom is 0.306 e. The molecule has 0 spiro atoms. The van der Waals surface area contributed by atoms with Crippen molar-refractivity contribution in [1.82, 2.24) is 0 Å². The van der Waals surface area contributed by atoms with Crippen molar-refractivity contribution in [3.63, 3.8) is 0 Å². The summed E-state index contributed by atoms with van der Waals surface area (Å²) in [5.74, 6) is -0.567. The molecule has 0 aliphatic rings. The number of aliphatic hydroxyl groups is 1. The van der Waals surface area contributed by atoms with Gasteiger partial charge < -0.3 is 14.6 Å². The third-order valence-corrected chi connectivity index (χ3v) is 11.7. The number of carbonyl (C=O) groups is 2. The van der Waals surface area contributed by atoms with Crippen LogP contribution in [0, 0.1) is 0 Å². The van der Waals surface area contributed by atoms with E-state index in [1.165, 1.54) is 231 Å². The summed E-state index contributed by atoms with van der Waals surface area (Å²) in [5, 5.41) is 9.61. The Kier molecular flexibility index (Phi) is 46.3. The molecule has 0 bridgehead atoms. The van der Waals surface area contributed by atoms with Crippen LogP contribution in [0.4, 0.5) is 0 Å². The summed E-state index contributed by atoms with van der Waals surface area (Å²) in [6.07, 6.45) is 54.8. The number of esters is 2. The van der Waals surface area contributed by atoms with Gasteiger partial charge in [0.05, 0.1) is 6.61 Å². The molecule has 0 aromatic heterocycles. The summed E-state index contributed by atoms with van der Waals surface area (Å²) < 4.78 is 10.7. The van der Waals surface area contributed by atoms with E-state index in [9.17, 15) is 14.7 Å². The zero-order chi connectivity index (χ0) is 40.0. The second kappa shape index (κ2) is 47.3. The normalized spacial score (nSPS) is 12.0. The maximum atomic E-state index is 12.3. The molecule has 0 saturated heterocycles. The summed E-state index contributed by atoms with van der Waals surface area (Å²) in [5.41, 5.74) is 0. The molecule has 0 heterocycles. The van der Waals surface area contributed by atoms with Crippen molar-refractivity contribution in [3.8, 4) is 0 Å². The van der Waals surface area contributed by atoms with Crippen LogP contribution in [-0.2, 0) is 19.1 Å². The minimum absolute atomic E-state index is 0.0560. The van der Waals surface area contributed by atoms with Crippen LogP contribution in [0.5, 0.6) is 0 Å². The van der Waals surface area contributed by atoms with Gasteiger partial charge in [0.1, 0.15) is 6.61 Å². The van der Waals surface area contributed by atoms with E-state index in [0.29, 0.717) is 12.8 Å². The Hall–Kier alpha value is -1.10. The molecule has 0 fully saturated rings. The second-order valence-corrected chi connectivity index (χ2v) is 17.3. The Labute approximate surface area is 344 Å². The van der Waals surface area contributed by atoms with E-state index in [1.54, 1.807) is 0 Å². The Morgan fingerprint density at radius 2 is 0.564 bits per heavy atom. The first kappa shape index (κ1) is 53.9. The van der Waals surface area contributed by atoms with Crippen molar-refractivity contribution in [2.45, 2.75) is 296 Å². The van der Waals surface area contributed by atoms with Gasteiger partial charge in [-0.15, -0.1) is 0 Å². The molecule has 5 heteroatoms. The van der Waals surface area contributed by atoms with Crippen LogP contribution >= 0.6 is 0 Å². The lowest BCUT2D eigenvalue weighted by atomic mass is 10.0. The quantitative estimate of drug-likeness (QED) is 0.0492. The fourth-order valence-electron chi connectivity index (χ4n) is 7.85. The highest BCUT2D eigenvalue weighted by atomic mass is 16.6. The topological polar surface area (TPSA) is 72.8 Å². The highest BCUT2D eigenvalue weighted by Gasteiger charge is 2.16. The van der Waals surface area contributed by atoms with Crippen molar-refractivity contribution in [2.75, 3.05) is 13.2 Å². The first-order chi connectivity index (χ1) is 27.1. The number of hydrogen-bond acceptors (Lipinski definition) is 5. The molecule has 0 aliphatic heterocycles. The molecular weight excluding hydrogens is 681 g/mol. The molecule has 1 unspecified atom stereocenters. The van der Waals surface area contributed by atoms with E-state index >= 15 is 0 Å². The number of rotatable bonds is 47. The van der Waals surface area contributed by atoms with E-state index in [0.717, 1.165) is 32.1 Å². The van der Waals surface area contributed by atoms with Crippen molar-refractivity contribution in [2.24, 2.45) is 0 Å². The molecular formula is C50H98O5. The van der Waals surface area contributed by atoms with Gasteiger partial charge in [0.25, 0.3) is 0 Å². The minimum Gasteiger partial charge on any atom is -0.462 e. The number of ether oxygens (including phenoxy) is 2. The maximum absolute atomic E-state index is 12.3. The van der Waals surface area contributed by atoms with Crippen molar-refractivity contribution in [1.29, 1.82) is 0 Å². The molecule has 55 heavy (non-hydrogen) atoms. The lowest BCUT2D eigenvalue weighted by Gasteiger charge is -2.15. The first-order valence-electron chi connectivity index (χ1n) is 25.1. The molecule has 0 aliphatic carbocycles. The average molecular weight is 779 g/mol. The zero-order valence-electron chi connectivity index (χ0n) is 37.5. The van der Waals surface area contributed by atoms with Crippen LogP contribution in [0.25, 0.3) is 0 Å². The monoisotopic (exact) mass is 779 g/mol. The largest absolute Gasteiger partial charge is 0.462 e. The van der Waals surface area contributed by atoms with Gasteiger partial charge in [0, 0.05) is 12.8 Å². The van der Waals surface area contributed by atoms with Gasteiger partial charge in [-0.25, -0.2) is 0 Å². The van der Waals surface area contributed by atoms with Crippen molar-refractivity contribution in [3.05, 3.63) is 0 Å². The number of unbranched alkanes of at least 4 members (excludes halogenated alkanes) is 39. The second-order valence-electron chi connectivity index (χ2n) is 17.3. The predicted molar refractivity (Wildman–Crippen MR) is 238 cm³/mol. The highest BCUT2D eigenvalue weighted by molar-refractivity contribution is 5.70. The molecule has 0 saturated carbocycles.